The van der Waals surface area contributed by atoms with E-state index in [2.05, 4.69) is 39.6 Å². The average Bonchev–Trinajstić information content (AvgIpc) is 2.98. The summed E-state index contributed by atoms with van der Waals surface area (Å²) in [4.78, 5) is 1.42. The van der Waals surface area contributed by atoms with Crippen molar-refractivity contribution in [3.05, 3.63) is 45.0 Å². The molecule has 0 saturated heterocycles. The molecule has 2 nitrogen and oxygen atoms in total. The topological polar surface area (TPSA) is 25.2 Å². The van der Waals surface area contributed by atoms with E-state index in [4.69, 9.17) is 4.42 Å². The fourth-order valence-electron chi connectivity index (χ4n) is 2.04. The standard InChI is InChI=1S/C14H18BrNOS/c1-2-16-12(5-6-13-4-3-7-17-13)9-14-8-11(15)10-18-14/h3-4,7-8,10,12,16H,2,5-6,9H2,1H3. The van der Waals surface area contributed by atoms with Crippen LogP contribution in [0.2, 0.25) is 0 Å². The molecule has 98 valence electrons. The molecule has 0 aliphatic carbocycles. The van der Waals surface area contributed by atoms with Crippen molar-refractivity contribution in [1.29, 1.82) is 0 Å². The highest BCUT2D eigenvalue weighted by Gasteiger charge is 2.11. The zero-order valence-corrected chi connectivity index (χ0v) is 12.9. The first-order valence-electron chi connectivity index (χ1n) is 6.26. The molecule has 0 bridgehead atoms. The molecule has 0 aliphatic heterocycles. The van der Waals surface area contributed by atoms with E-state index in [1.165, 1.54) is 9.35 Å². The van der Waals surface area contributed by atoms with Gasteiger partial charge in [0.1, 0.15) is 5.76 Å². The van der Waals surface area contributed by atoms with Gasteiger partial charge in [0.15, 0.2) is 0 Å². The van der Waals surface area contributed by atoms with Crippen molar-refractivity contribution >= 4 is 27.3 Å². The molecule has 0 aromatic carbocycles. The summed E-state index contributed by atoms with van der Waals surface area (Å²) in [6.07, 6.45) is 4.94. The first-order chi connectivity index (χ1) is 8.78. The largest absolute Gasteiger partial charge is 0.469 e. The quantitative estimate of drug-likeness (QED) is 0.822. The zero-order valence-electron chi connectivity index (χ0n) is 10.5. The van der Waals surface area contributed by atoms with Crippen LogP contribution in [0.5, 0.6) is 0 Å². The second kappa shape index (κ2) is 7.12. The van der Waals surface area contributed by atoms with Gasteiger partial charge in [-0.2, -0.15) is 0 Å². The molecule has 4 heteroatoms. The van der Waals surface area contributed by atoms with Crippen molar-refractivity contribution in [1.82, 2.24) is 5.32 Å². The van der Waals surface area contributed by atoms with E-state index in [1.807, 2.05) is 23.5 Å². The van der Waals surface area contributed by atoms with E-state index in [-0.39, 0.29) is 0 Å². The number of rotatable bonds is 7. The number of nitrogens with one attached hydrogen (secondary N) is 1. The minimum Gasteiger partial charge on any atom is -0.469 e. The van der Waals surface area contributed by atoms with Crippen molar-refractivity contribution in [3.8, 4) is 0 Å². The van der Waals surface area contributed by atoms with E-state index < -0.39 is 0 Å². The first kappa shape index (κ1) is 13.8. The molecule has 0 aliphatic rings. The molecule has 2 aromatic heterocycles. The summed E-state index contributed by atoms with van der Waals surface area (Å²) in [5.41, 5.74) is 0. The third-order valence-corrected chi connectivity index (χ3v) is 4.60. The molecule has 0 radical (unpaired) electrons. The minimum absolute atomic E-state index is 0.519. The van der Waals surface area contributed by atoms with Crippen molar-refractivity contribution in [2.45, 2.75) is 32.2 Å². The van der Waals surface area contributed by atoms with Gasteiger partial charge in [-0.3, -0.25) is 0 Å². The Labute approximate surface area is 121 Å². The predicted molar refractivity (Wildman–Crippen MR) is 80.2 cm³/mol. The van der Waals surface area contributed by atoms with Crippen LogP contribution in [0, 0.1) is 0 Å². The minimum atomic E-state index is 0.519. The highest BCUT2D eigenvalue weighted by atomic mass is 79.9. The van der Waals surface area contributed by atoms with Gasteiger partial charge in [0.25, 0.3) is 0 Å². The van der Waals surface area contributed by atoms with Gasteiger partial charge >= 0.3 is 0 Å². The van der Waals surface area contributed by atoms with Crippen LogP contribution >= 0.6 is 27.3 Å². The fraction of sp³-hybridized carbons (Fsp3) is 0.429. The summed E-state index contributed by atoms with van der Waals surface area (Å²) in [7, 11) is 0. The van der Waals surface area contributed by atoms with Crippen LogP contribution in [0.1, 0.15) is 24.0 Å². The summed E-state index contributed by atoms with van der Waals surface area (Å²) in [6.45, 7) is 3.17. The molecule has 0 spiro atoms. The highest BCUT2D eigenvalue weighted by molar-refractivity contribution is 9.10. The summed E-state index contributed by atoms with van der Waals surface area (Å²) >= 11 is 5.32. The normalized spacial score (nSPS) is 12.8. The van der Waals surface area contributed by atoms with Crippen LogP contribution in [0.3, 0.4) is 0 Å². The van der Waals surface area contributed by atoms with Crippen molar-refractivity contribution in [2.75, 3.05) is 6.54 Å². The SMILES string of the molecule is CCNC(CCc1ccco1)Cc1cc(Br)cs1. The molecule has 18 heavy (non-hydrogen) atoms. The molecule has 2 rings (SSSR count). The predicted octanol–water partition coefficient (Wildman–Crippen LogP) is 4.26. The number of halogens is 1. The zero-order chi connectivity index (χ0) is 12.8. The van der Waals surface area contributed by atoms with E-state index in [1.54, 1.807) is 6.26 Å². The Bertz CT molecular complexity index is 452. The van der Waals surface area contributed by atoms with Gasteiger partial charge in [0.05, 0.1) is 6.26 Å². The Morgan fingerprint density at radius 3 is 3.00 bits per heavy atom. The van der Waals surface area contributed by atoms with Gasteiger partial charge in [0.2, 0.25) is 0 Å². The van der Waals surface area contributed by atoms with Gasteiger partial charge < -0.3 is 9.73 Å². The Hall–Kier alpha value is -0.580. The van der Waals surface area contributed by atoms with Crippen molar-refractivity contribution < 1.29 is 4.42 Å². The van der Waals surface area contributed by atoms with E-state index in [0.717, 1.165) is 31.6 Å². The van der Waals surface area contributed by atoms with Crippen LogP contribution in [-0.2, 0) is 12.8 Å². The average molecular weight is 328 g/mol. The molecular weight excluding hydrogens is 310 g/mol. The number of hydrogen-bond donors (Lipinski definition) is 1. The van der Waals surface area contributed by atoms with Crippen LogP contribution in [0.4, 0.5) is 0 Å². The molecule has 0 amide bonds. The lowest BCUT2D eigenvalue weighted by atomic mass is 10.1. The third kappa shape index (κ3) is 4.26. The fourth-order valence-corrected chi connectivity index (χ4v) is 3.57. The monoisotopic (exact) mass is 327 g/mol. The molecule has 0 fully saturated rings. The Kier molecular flexibility index (Phi) is 5.47. The second-order valence-corrected chi connectivity index (χ2v) is 6.22. The van der Waals surface area contributed by atoms with Crippen LogP contribution in [-0.4, -0.2) is 12.6 Å². The van der Waals surface area contributed by atoms with E-state index in [0.29, 0.717) is 6.04 Å². The maximum absolute atomic E-state index is 5.38. The van der Waals surface area contributed by atoms with E-state index in [9.17, 15) is 0 Å². The van der Waals surface area contributed by atoms with Gasteiger partial charge in [-0.25, -0.2) is 0 Å². The molecule has 2 heterocycles. The lowest BCUT2D eigenvalue weighted by Gasteiger charge is -2.16. The Balaban J connectivity index is 1.87. The Morgan fingerprint density at radius 2 is 2.39 bits per heavy atom. The molecule has 1 N–H and O–H groups in total. The van der Waals surface area contributed by atoms with Gasteiger partial charge in [-0.05, 0) is 53.5 Å². The molecule has 0 saturated carbocycles. The Morgan fingerprint density at radius 1 is 1.50 bits per heavy atom. The number of thiophene rings is 1. The molecule has 1 unspecified atom stereocenters. The second-order valence-electron chi connectivity index (χ2n) is 4.31. The maximum atomic E-state index is 5.38. The first-order valence-corrected chi connectivity index (χ1v) is 7.94. The molecular formula is C14H18BrNOS. The number of furan rings is 1. The van der Waals surface area contributed by atoms with Gasteiger partial charge in [0, 0.05) is 27.2 Å². The smallest absolute Gasteiger partial charge is 0.103 e. The van der Waals surface area contributed by atoms with Crippen LogP contribution in [0.15, 0.2) is 38.7 Å². The third-order valence-electron chi connectivity index (χ3n) is 2.88. The summed E-state index contributed by atoms with van der Waals surface area (Å²) < 4.78 is 6.57. The summed E-state index contributed by atoms with van der Waals surface area (Å²) in [5, 5.41) is 5.70. The lowest BCUT2D eigenvalue weighted by Crippen LogP contribution is -2.31. The van der Waals surface area contributed by atoms with E-state index >= 15 is 0 Å². The van der Waals surface area contributed by atoms with Crippen molar-refractivity contribution in [2.24, 2.45) is 0 Å². The molecule has 2 aromatic rings. The number of likely N-dealkylation sites (N-methyl/N-ethyl adjacent to an activating group) is 1. The number of aryl methyl sites for hydroxylation is 1. The van der Waals surface area contributed by atoms with Crippen LogP contribution < -0.4 is 5.32 Å². The van der Waals surface area contributed by atoms with Gasteiger partial charge in [-0.1, -0.05) is 6.92 Å². The van der Waals surface area contributed by atoms with Crippen molar-refractivity contribution in [3.63, 3.8) is 0 Å². The summed E-state index contributed by atoms with van der Waals surface area (Å²) in [5.74, 6) is 1.07. The molecule has 1 atom stereocenters. The summed E-state index contributed by atoms with van der Waals surface area (Å²) in [6, 6.07) is 6.73. The number of hydrogen-bond acceptors (Lipinski definition) is 3. The lowest BCUT2D eigenvalue weighted by molar-refractivity contribution is 0.449. The van der Waals surface area contributed by atoms with Crippen LogP contribution in [0.25, 0.3) is 0 Å². The maximum Gasteiger partial charge on any atom is 0.103 e. The highest BCUT2D eigenvalue weighted by Crippen LogP contribution is 2.22. The van der Waals surface area contributed by atoms with Gasteiger partial charge in [-0.15, -0.1) is 11.3 Å².